The first kappa shape index (κ1) is 8.25. The van der Waals surface area contributed by atoms with E-state index < -0.39 is 5.67 Å². The summed E-state index contributed by atoms with van der Waals surface area (Å²) in [5.74, 6) is 0. The van der Waals surface area contributed by atoms with Gasteiger partial charge in [0, 0.05) is 0 Å². The first-order valence-corrected chi connectivity index (χ1v) is 3.91. The van der Waals surface area contributed by atoms with Crippen LogP contribution in [0.25, 0.3) is 0 Å². The van der Waals surface area contributed by atoms with Crippen LogP contribution in [0, 0.1) is 0 Å². The Hall–Kier alpha value is -0.850. The molecule has 0 nitrogen and oxygen atoms in total. The van der Waals surface area contributed by atoms with Crippen molar-refractivity contribution < 1.29 is 4.39 Å². The van der Waals surface area contributed by atoms with Crippen molar-refractivity contribution >= 4 is 0 Å². The van der Waals surface area contributed by atoms with Crippen LogP contribution in [0.4, 0.5) is 4.39 Å². The number of benzene rings is 1. The maximum atomic E-state index is 13.6. The van der Waals surface area contributed by atoms with E-state index in [0.717, 1.165) is 5.56 Å². The summed E-state index contributed by atoms with van der Waals surface area (Å²) in [7, 11) is 0. The zero-order valence-electron chi connectivity index (χ0n) is 6.97. The fraction of sp³-hybridized carbons (Fsp3) is 0.400. The molecule has 1 atom stereocenters. The van der Waals surface area contributed by atoms with Crippen LogP contribution in [0.5, 0.6) is 0 Å². The van der Waals surface area contributed by atoms with Crippen molar-refractivity contribution in [3.05, 3.63) is 35.9 Å². The third-order valence-electron chi connectivity index (χ3n) is 2.04. The van der Waals surface area contributed by atoms with Gasteiger partial charge < -0.3 is 0 Å². The molecule has 1 heteroatoms. The number of hydrogen-bond donors (Lipinski definition) is 0. The van der Waals surface area contributed by atoms with Gasteiger partial charge in [0.15, 0.2) is 0 Å². The molecular weight excluding hydrogens is 139 g/mol. The SMILES string of the molecule is CCC(C)(F)c1ccccc1. The van der Waals surface area contributed by atoms with Gasteiger partial charge >= 0.3 is 0 Å². The number of alkyl halides is 1. The Morgan fingerprint density at radius 1 is 1.27 bits per heavy atom. The van der Waals surface area contributed by atoms with E-state index >= 15 is 0 Å². The van der Waals surface area contributed by atoms with Crippen LogP contribution in [-0.4, -0.2) is 0 Å². The molecule has 0 saturated carbocycles. The summed E-state index contributed by atoms with van der Waals surface area (Å²) < 4.78 is 13.6. The highest BCUT2D eigenvalue weighted by molar-refractivity contribution is 5.21. The minimum Gasteiger partial charge on any atom is -0.239 e. The van der Waals surface area contributed by atoms with E-state index in [2.05, 4.69) is 0 Å². The van der Waals surface area contributed by atoms with Gasteiger partial charge in [0.25, 0.3) is 0 Å². The summed E-state index contributed by atoms with van der Waals surface area (Å²) in [4.78, 5) is 0. The van der Waals surface area contributed by atoms with Crippen LogP contribution < -0.4 is 0 Å². The second-order valence-corrected chi connectivity index (χ2v) is 2.92. The quantitative estimate of drug-likeness (QED) is 0.610. The minimum absolute atomic E-state index is 0.525. The molecule has 1 unspecified atom stereocenters. The lowest BCUT2D eigenvalue weighted by molar-refractivity contribution is 0.185. The molecular formula is C10H13F. The van der Waals surface area contributed by atoms with Crippen LogP contribution in [0.3, 0.4) is 0 Å². The summed E-state index contributed by atoms with van der Waals surface area (Å²) in [6.45, 7) is 3.47. The van der Waals surface area contributed by atoms with Crippen LogP contribution in [0.15, 0.2) is 30.3 Å². The van der Waals surface area contributed by atoms with Gasteiger partial charge in [-0.2, -0.15) is 0 Å². The van der Waals surface area contributed by atoms with Gasteiger partial charge in [-0.05, 0) is 18.9 Å². The molecule has 0 aliphatic carbocycles. The van der Waals surface area contributed by atoms with E-state index in [1.165, 1.54) is 0 Å². The Kier molecular flexibility index (Phi) is 2.28. The van der Waals surface area contributed by atoms with Gasteiger partial charge in [0.1, 0.15) is 5.67 Å². The molecule has 0 saturated heterocycles. The second kappa shape index (κ2) is 3.04. The normalized spacial score (nSPS) is 15.9. The molecule has 0 aliphatic heterocycles. The minimum atomic E-state index is -1.17. The maximum Gasteiger partial charge on any atom is 0.133 e. The van der Waals surface area contributed by atoms with Crippen LogP contribution in [0.2, 0.25) is 0 Å². The lowest BCUT2D eigenvalue weighted by Gasteiger charge is -2.17. The zero-order valence-corrected chi connectivity index (χ0v) is 6.97. The molecule has 0 bridgehead atoms. The molecule has 11 heavy (non-hydrogen) atoms. The highest BCUT2D eigenvalue weighted by Gasteiger charge is 2.21. The summed E-state index contributed by atoms with van der Waals surface area (Å²) in [5, 5.41) is 0. The van der Waals surface area contributed by atoms with Gasteiger partial charge in [-0.3, -0.25) is 0 Å². The van der Waals surface area contributed by atoms with E-state index in [1.54, 1.807) is 6.92 Å². The molecule has 0 radical (unpaired) electrons. The van der Waals surface area contributed by atoms with E-state index in [4.69, 9.17) is 0 Å². The van der Waals surface area contributed by atoms with Gasteiger partial charge in [0.05, 0.1) is 0 Å². The average molecular weight is 152 g/mol. The number of halogens is 1. The molecule has 60 valence electrons. The van der Waals surface area contributed by atoms with E-state index in [0.29, 0.717) is 6.42 Å². The van der Waals surface area contributed by atoms with Gasteiger partial charge in [-0.15, -0.1) is 0 Å². The van der Waals surface area contributed by atoms with Crippen molar-refractivity contribution in [1.29, 1.82) is 0 Å². The van der Waals surface area contributed by atoms with Crippen LogP contribution >= 0.6 is 0 Å². The Balaban J connectivity index is 2.93. The van der Waals surface area contributed by atoms with Crippen LogP contribution in [0.1, 0.15) is 25.8 Å². The Bertz CT molecular complexity index is 214. The topological polar surface area (TPSA) is 0 Å². The number of rotatable bonds is 2. The molecule has 1 aromatic carbocycles. The third-order valence-corrected chi connectivity index (χ3v) is 2.04. The second-order valence-electron chi connectivity index (χ2n) is 2.92. The van der Waals surface area contributed by atoms with Crippen molar-refractivity contribution in [1.82, 2.24) is 0 Å². The third kappa shape index (κ3) is 1.79. The van der Waals surface area contributed by atoms with Crippen molar-refractivity contribution in [3.8, 4) is 0 Å². The largest absolute Gasteiger partial charge is 0.239 e. The Morgan fingerprint density at radius 3 is 2.27 bits per heavy atom. The maximum absolute atomic E-state index is 13.6. The molecule has 0 fully saturated rings. The van der Waals surface area contributed by atoms with Crippen molar-refractivity contribution in [3.63, 3.8) is 0 Å². The summed E-state index contributed by atoms with van der Waals surface area (Å²) >= 11 is 0. The Labute approximate surface area is 67.1 Å². The summed E-state index contributed by atoms with van der Waals surface area (Å²) in [5.41, 5.74) is -0.399. The summed E-state index contributed by atoms with van der Waals surface area (Å²) in [6.07, 6.45) is 0.525. The van der Waals surface area contributed by atoms with Crippen molar-refractivity contribution in [2.75, 3.05) is 0 Å². The highest BCUT2D eigenvalue weighted by Crippen LogP contribution is 2.27. The molecule has 0 heterocycles. The van der Waals surface area contributed by atoms with E-state index in [9.17, 15) is 4.39 Å². The summed E-state index contributed by atoms with van der Waals surface area (Å²) in [6, 6.07) is 9.27. The van der Waals surface area contributed by atoms with Crippen molar-refractivity contribution in [2.45, 2.75) is 25.9 Å². The zero-order chi connectivity index (χ0) is 8.32. The highest BCUT2D eigenvalue weighted by atomic mass is 19.1. The predicted octanol–water partition coefficient (Wildman–Crippen LogP) is 3.28. The molecule has 0 spiro atoms. The lowest BCUT2D eigenvalue weighted by Crippen LogP contribution is -2.12. The predicted molar refractivity (Wildman–Crippen MR) is 45.2 cm³/mol. The van der Waals surface area contributed by atoms with E-state index in [-0.39, 0.29) is 0 Å². The van der Waals surface area contributed by atoms with Gasteiger partial charge in [0.2, 0.25) is 0 Å². The monoisotopic (exact) mass is 152 g/mol. The lowest BCUT2D eigenvalue weighted by atomic mass is 9.96. The average Bonchev–Trinajstić information content (AvgIpc) is 2.06. The number of hydrogen-bond acceptors (Lipinski definition) is 0. The van der Waals surface area contributed by atoms with E-state index in [1.807, 2.05) is 37.3 Å². The smallest absolute Gasteiger partial charge is 0.133 e. The fourth-order valence-corrected chi connectivity index (χ4v) is 0.990. The van der Waals surface area contributed by atoms with Gasteiger partial charge in [-0.1, -0.05) is 37.3 Å². The van der Waals surface area contributed by atoms with Gasteiger partial charge in [-0.25, -0.2) is 4.39 Å². The standard InChI is InChI=1S/C10H13F/c1-3-10(2,11)9-7-5-4-6-8-9/h4-8H,3H2,1-2H3. The molecule has 0 aromatic heterocycles. The Morgan fingerprint density at radius 2 is 1.82 bits per heavy atom. The molecule has 0 N–H and O–H groups in total. The first-order chi connectivity index (χ1) is 5.17. The van der Waals surface area contributed by atoms with Crippen LogP contribution in [-0.2, 0) is 5.67 Å². The first-order valence-electron chi connectivity index (χ1n) is 3.91. The molecule has 1 rings (SSSR count). The van der Waals surface area contributed by atoms with Crippen molar-refractivity contribution in [2.24, 2.45) is 0 Å². The molecule has 0 amide bonds. The fourth-order valence-electron chi connectivity index (χ4n) is 0.990. The molecule has 1 aromatic rings. The molecule has 0 aliphatic rings.